The topological polar surface area (TPSA) is 224 Å². The van der Waals surface area contributed by atoms with Gasteiger partial charge >= 0.3 is 47.4 Å². The number of hydrogen-bond donors (Lipinski definition) is 0. The van der Waals surface area contributed by atoms with Gasteiger partial charge in [0.15, 0.2) is 6.61 Å². The fourth-order valence-electron chi connectivity index (χ4n) is 7.98. The van der Waals surface area contributed by atoms with Crippen molar-refractivity contribution in [1.29, 1.82) is 0 Å². The van der Waals surface area contributed by atoms with Crippen LogP contribution in [0.15, 0.2) is 90.5 Å². The van der Waals surface area contributed by atoms with E-state index in [4.69, 9.17) is 18.9 Å². The van der Waals surface area contributed by atoms with Gasteiger partial charge in [0.25, 0.3) is 0 Å². The molecule has 4 heterocycles. The van der Waals surface area contributed by atoms with Crippen LogP contribution in [0.5, 0.6) is 5.75 Å². The van der Waals surface area contributed by atoms with Crippen LogP contribution >= 0.6 is 0 Å². The van der Waals surface area contributed by atoms with E-state index in [0.29, 0.717) is 37.5 Å². The molecule has 0 N–H and O–H groups in total. The smallest absolute Gasteiger partial charge is 0.726 e. The largest absolute Gasteiger partial charge is 1.00 e. The summed E-state index contributed by atoms with van der Waals surface area (Å²) >= 11 is 0. The number of carbonyl (C=O) groups is 2. The first-order valence-electron chi connectivity index (χ1n) is 20.7. The fourth-order valence-corrected chi connectivity index (χ4v) is 8.22. The van der Waals surface area contributed by atoms with Gasteiger partial charge in [0.1, 0.15) is 48.1 Å². The van der Waals surface area contributed by atoms with Crippen LogP contribution in [0.25, 0.3) is 5.69 Å². The normalized spacial score (nSPS) is 18.8. The molecule has 0 saturated carbocycles. The molecule has 2 aliphatic heterocycles. The molecule has 3 aromatic carbocycles. The van der Waals surface area contributed by atoms with Crippen molar-refractivity contribution in [1.82, 2.24) is 29.1 Å². The fraction of sp³-hybridized carbons (Fsp3) is 0.429. The Bertz CT molecular complexity index is 2580. The number of hydrogen-bond acceptors (Lipinski definition) is 17. The number of ether oxygens (including phenoxy) is 5. The number of rotatable bonds is 18. The number of esters is 1. The third-order valence-electron chi connectivity index (χ3n) is 11.1. The van der Waals surface area contributed by atoms with Gasteiger partial charge in [-0.1, -0.05) is 13.0 Å². The zero-order valence-corrected chi connectivity index (χ0v) is 39.4. The Morgan fingerprint density at radius 2 is 1.56 bits per heavy atom. The van der Waals surface area contributed by atoms with Gasteiger partial charge in [0.2, 0.25) is 16.7 Å². The van der Waals surface area contributed by atoms with Crippen LogP contribution in [0, 0.1) is 17.6 Å². The zero-order chi connectivity index (χ0) is 46.3. The standard InChI is InChI=1S/C42H48F2N8O12S.Na/c1-4-38(28(2)62-41(55)64-29(3)63-39(53)23-61-65(56,57)58)52-40(54)51(27-47-52)34-8-6-32(7-9-34)48-15-17-49(18-16-48)33-10-12-35(13-11-33)59-21-30-20-42(60-22-30,24-50-26-45-25-46-50)36-14-5-31(43)19-37(36)44;/h5-14,19,25-30,38H,4,15-18,20-24H2,1-3H3,(H,56,57,58);/q;+1/p-1/t28?,29?,30-,38+,42+;/m1./s1. The van der Waals surface area contributed by atoms with Crippen LogP contribution in [0.2, 0.25) is 0 Å². The van der Waals surface area contributed by atoms with E-state index in [1.54, 1.807) is 11.6 Å². The van der Waals surface area contributed by atoms with Crippen molar-refractivity contribution >= 4 is 33.9 Å². The molecule has 5 atom stereocenters. The molecule has 348 valence electrons. The summed E-state index contributed by atoms with van der Waals surface area (Å²) in [5.74, 6) is -1.98. The summed E-state index contributed by atoms with van der Waals surface area (Å²) in [5.41, 5.74) is 1.34. The number of benzene rings is 3. The summed E-state index contributed by atoms with van der Waals surface area (Å²) in [5, 5.41) is 8.44. The van der Waals surface area contributed by atoms with Crippen molar-refractivity contribution in [3.63, 3.8) is 0 Å². The van der Waals surface area contributed by atoms with Crippen molar-refractivity contribution in [3.8, 4) is 11.4 Å². The number of aromatic nitrogens is 6. The molecule has 2 saturated heterocycles. The van der Waals surface area contributed by atoms with E-state index in [2.05, 4.69) is 33.9 Å². The first kappa shape index (κ1) is 50.0. The van der Waals surface area contributed by atoms with Gasteiger partial charge in [0, 0.05) is 62.0 Å². The first-order valence-corrected chi connectivity index (χ1v) is 22.0. The molecule has 0 aliphatic carbocycles. The van der Waals surface area contributed by atoms with Crippen molar-refractivity contribution in [3.05, 3.63) is 113 Å². The minimum absolute atomic E-state index is 0. The Labute approximate surface area is 400 Å². The second-order valence-corrected chi connectivity index (χ2v) is 16.6. The van der Waals surface area contributed by atoms with Gasteiger partial charge < -0.3 is 38.0 Å². The second-order valence-electron chi connectivity index (χ2n) is 15.5. The summed E-state index contributed by atoms with van der Waals surface area (Å²) in [6.45, 7) is 7.19. The third-order valence-corrected chi connectivity index (χ3v) is 11.5. The molecule has 24 heteroatoms. The van der Waals surface area contributed by atoms with Crippen molar-refractivity contribution in [2.45, 2.75) is 64.2 Å². The summed E-state index contributed by atoms with van der Waals surface area (Å²) in [4.78, 5) is 46.1. The van der Waals surface area contributed by atoms with E-state index in [0.717, 1.165) is 50.5 Å². The second kappa shape index (κ2) is 21.9. The van der Waals surface area contributed by atoms with E-state index < -0.39 is 70.5 Å². The van der Waals surface area contributed by atoms with Crippen LogP contribution in [0.1, 0.15) is 45.2 Å². The molecule has 0 spiro atoms. The molecular formula is C42H47F2N8NaO12S. The summed E-state index contributed by atoms with van der Waals surface area (Å²) in [7, 11) is -5.12. The Morgan fingerprint density at radius 3 is 2.17 bits per heavy atom. The van der Waals surface area contributed by atoms with E-state index >= 15 is 4.39 Å². The predicted molar refractivity (Wildman–Crippen MR) is 224 cm³/mol. The van der Waals surface area contributed by atoms with Crippen LogP contribution < -0.4 is 49.8 Å². The Balaban J connectivity index is 0.00000720. The molecule has 7 rings (SSSR count). The molecule has 0 bridgehead atoms. The molecule has 2 unspecified atom stereocenters. The molecule has 2 fully saturated rings. The van der Waals surface area contributed by atoms with E-state index in [-0.39, 0.29) is 47.6 Å². The summed E-state index contributed by atoms with van der Waals surface area (Å²) in [6, 6.07) is 18.2. The van der Waals surface area contributed by atoms with Crippen molar-refractivity contribution in [2.75, 3.05) is 55.8 Å². The maximum Gasteiger partial charge on any atom is 1.00 e. The maximum absolute atomic E-state index is 15.0. The molecule has 2 aromatic heterocycles. The number of halogens is 2. The van der Waals surface area contributed by atoms with Crippen LogP contribution in [0.4, 0.5) is 25.0 Å². The number of nitrogens with zero attached hydrogens (tertiary/aromatic N) is 8. The first-order chi connectivity index (χ1) is 31.1. The van der Waals surface area contributed by atoms with E-state index in [9.17, 15) is 31.7 Å². The molecule has 5 aromatic rings. The number of carbonyl (C=O) groups excluding carboxylic acids is 2. The zero-order valence-electron chi connectivity index (χ0n) is 36.6. The van der Waals surface area contributed by atoms with Gasteiger partial charge in [-0.25, -0.2) is 50.5 Å². The predicted octanol–water partition coefficient (Wildman–Crippen LogP) is 1.10. The monoisotopic (exact) mass is 948 g/mol. The molecule has 0 radical (unpaired) electrons. The van der Waals surface area contributed by atoms with Crippen molar-refractivity contribution in [2.24, 2.45) is 5.92 Å². The SMILES string of the molecule is CC[C@@H](C(C)OC(=O)OC(C)OC(=O)COS(=O)(=O)[O-])n1ncn(-c2ccc(N3CCN(c4ccc(OC[C@@H]5CO[C@@](Cn6cncn6)(c6ccc(F)cc6F)C5)cc4)CC3)cc2)c1=O.[Na+]. The van der Waals surface area contributed by atoms with Crippen LogP contribution in [0.3, 0.4) is 0 Å². The summed E-state index contributed by atoms with van der Waals surface area (Å²) in [6.07, 6.45) is 1.43. The Morgan fingerprint density at radius 1 is 0.909 bits per heavy atom. The Hall–Kier alpha value is -5.43. The van der Waals surface area contributed by atoms with Crippen LogP contribution in [-0.4, -0.2) is 113 Å². The molecular weight excluding hydrogens is 902 g/mol. The Kier molecular flexibility index (Phi) is 16.6. The maximum atomic E-state index is 15.0. The third kappa shape index (κ3) is 12.5. The minimum atomic E-state index is -5.12. The molecule has 66 heavy (non-hydrogen) atoms. The minimum Gasteiger partial charge on any atom is -0.726 e. The number of anilines is 2. The molecule has 0 amide bonds. The average molecular weight is 949 g/mol. The average Bonchev–Trinajstić information content (AvgIpc) is 4.04. The number of piperazine rings is 1. The van der Waals surface area contributed by atoms with Crippen LogP contribution in [-0.2, 0) is 50.5 Å². The van der Waals surface area contributed by atoms with Crippen molar-refractivity contribution < 1.29 is 88.8 Å². The summed E-state index contributed by atoms with van der Waals surface area (Å²) < 4.78 is 95.6. The van der Waals surface area contributed by atoms with E-state index in [1.807, 2.05) is 48.5 Å². The van der Waals surface area contributed by atoms with E-state index in [1.165, 1.54) is 47.3 Å². The van der Waals surface area contributed by atoms with Gasteiger partial charge in [-0.3, -0.25) is 4.18 Å². The van der Waals surface area contributed by atoms with Gasteiger partial charge in [-0.05, 0) is 74.4 Å². The molecule has 2 aliphatic rings. The van der Waals surface area contributed by atoms with Gasteiger partial charge in [0.05, 0.1) is 31.5 Å². The molecule has 20 nitrogen and oxygen atoms in total. The van der Waals surface area contributed by atoms with Gasteiger partial charge in [-0.2, -0.15) is 10.2 Å². The van der Waals surface area contributed by atoms with Gasteiger partial charge in [-0.15, -0.1) is 0 Å². The quantitative estimate of drug-likeness (QED) is 0.0394.